The minimum atomic E-state index is -3.20. The fourth-order valence-electron chi connectivity index (χ4n) is 3.54. The Morgan fingerprint density at radius 3 is 2.22 bits per heavy atom. The quantitative estimate of drug-likeness (QED) is 0.327. The maximum absolute atomic E-state index is 12.4. The smallest absolute Gasteiger partial charge is 0.191 e. The normalized spacial score (nSPS) is 18.3. The van der Waals surface area contributed by atoms with E-state index in [1.807, 2.05) is 6.92 Å². The first kappa shape index (κ1) is 24.2. The molecule has 0 bridgehead atoms. The van der Waals surface area contributed by atoms with Crippen LogP contribution in [-0.2, 0) is 14.6 Å². The SMILES string of the molecule is CCNC(=NCC1(S(C)(=O)=O)CCOCC1)NCCCN(C(C)C)C(C)C. The van der Waals surface area contributed by atoms with E-state index in [2.05, 4.69) is 48.2 Å². The molecule has 1 aliphatic heterocycles. The monoisotopic (exact) mass is 404 g/mol. The molecule has 0 saturated carbocycles. The zero-order valence-electron chi connectivity index (χ0n) is 18.0. The highest BCUT2D eigenvalue weighted by Gasteiger charge is 2.42. The van der Waals surface area contributed by atoms with Gasteiger partial charge in [-0.3, -0.25) is 9.89 Å². The largest absolute Gasteiger partial charge is 0.381 e. The van der Waals surface area contributed by atoms with Crippen LogP contribution in [0.25, 0.3) is 0 Å². The molecule has 1 fully saturated rings. The molecule has 0 aromatic carbocycles. The number of aliphatic imine (C=N–C) groups is 1. The van der Waals surface area contributed by atoms with Gasteiger partial charge >= 0.3 is 0 Å². The topological polar surface area (TPSA) is 83.0 Å². The van der Waals surface area contributed by atoms with E-state index in [4.69, 9.17) is 4.74 Å². The lowest BCUT2D eigenvalue weighted by molar-refractivity contribution is 0.0768. The molecule has 0 atom stereocenters. The van der Waals surface area contributed by atoms with Gasteiger partial charge in [0.1, 0.15) is 0 Å². The fourth-order valence-corrected chi connectivity index (χ4v) is 4.74. The van der Waals surface area contributed by atoms with E-state index in [9.17, 15) is 8.42 Å². The van der Waals surface area contributed by atoms with E-state index in [0.29, 0.717) is 44.1 Å². The number of ether oxygens (including phenoxy) is 1. The third kappa shape index (κ3) is 7.58. The molecule has 2 N–H and O–H groups in total. The zero-order chi connectivity index (χ0) is 20.5. The van der Waals surface area contributed by atoms with Crippen LogP contribution in [0.1, 0.15) is 53.9 Å². The zero-order valence-corrected chi connectivity index (χ0v) is 18.9. The highest BCUT2D eigenvalue weighted by molar-refractivity contribution is 7.92. The van der Waals surface area contributed by atoms with Gasteiger partial charge in [0.05, 0.1) is 11.3 Å². The molecule has 8 heteroatoms. The summed E-state index contributed by atoms with van der Waals surface area (Å²) >= 11 is 0. The summed E-state index contributed by atoms with van der Waals surface area (Å²) in [6, 6.07) is 1.05. The number of nitrogens with zero attached hydrogens (tertiary/aromatic N) is 2. The molecule has 1 heterocycles. The van der Waals surface area contributed by atoms with Crippen LogP contribution in [0, 0.1) is 0 Å². The first-order valence-electron chi connectivity index (χ1n) is 10.2. The third-order valence-electron chi connectivity index (χ3n) is 5.27. The molecular formula is C19H40N4O3S. The molecule has 0 aromatic rings. The average Bonchev–Trinajstić information content (AvgIpc) is 2.58. The Morgan fingerprint density at radius 1 is 1.15 bits per heavy atom. The van der Waals surface area contributed by atoms with Crippen molar-refractivity contribution in [3.05, 3.63) is 0 Å². The highest BCUT2D eigenvalue weighted by atomic mass is 32.2. The van der Waals surface area contributed by atoms with E-state index >= 15 is 0 Å². The summed E-state index contributed by atoms with van der Waals surface area (Å²) in [7, 11) is -3.20. The number of nitrogens with one attached hydrogen (secondary N) is 2. The highest BCUT2D eigenvalue weighted by Crippen LogP contribution is 2.29. The van der Waals surface area contributed by atoms with Crippen molar-refractivity contribution in [2.24, 2.45) is 4.99 Å². The van der Waals surface area contributed by atoms with Gasteiger partial charge in [-0.15, -0.1) is 0 Å². The molecule has 0 aliphatic carbocycles. The van der Waals surface area contributed by atoms with Crippen LogP contribution >= 0.6 is 0 Å². The van der Waals surface area contributed by atoms with Crippen LogP contribution < -0.4 is 10.6 Å². The van der Waals surface area contributed by atoms with Gasteiger partial charge in [-0.05, 0) is 53.9 Å². The standard InChI is InChI=1S/C19H40N4O3S/c1-7-20-18(21-11-8-12-23(16(2)3)17(4)5)22-15-19(27(6,24)25)9-13-26-14-10-19/h16-17H,7-15H2,1-6H3,(H2,20,21,22). The van der Waals surface area contributed by atoms with Crippen molar-refractivity contribution < 1.29 is 13.2 Å². The van der Waals surface area contributed by atoms with E-state index < -0.39 is 14.6 Å². The van der Waals surface area contributed by atoms with Crippen molar-refractivity contribution in [3.63, 3.8) is 0 Å². The Hall–Kier alpha value is -0.860. The number of guanidine groups is 1. The minimum absolute atomic E-state index is 0.272. The lowest BCUT2D eigenvalue weighted by Crippen LogP contribution is -2.47. The second-order valence-electron chi connectivity index (χ2n) is 7.97. The van der Waals surface area contributed by atoms with Crippen molar-refractivity contribution in [2.45, 2.75) is 70.7 Å². The number of hydrogen-bond acceptors (Lipinski definition) is 5. The van der Waals surface area contributed by atoms with E-state index in [-0.39, 0.29) is 6.54 Å². The second kappa shape index (κ2) is 11.2. The predicted molar refractivity (Wildman–Crippen MR) is 113 cm³/mol. The number of sulfone groups is 1. The molecule has 27 heavy (non-hydrogen) atoms. The van der Waals surface area contributed by atoms with Crippen LogP contribution in [0.2, 0.25) is 0 Å². The molecule has 1 rings (SSSR count). The summed E-state index contributed by atoms with van der Waals surface area (Å²) in [5, 5.41) is 6.57. The fraction of sp³-hybridized carbons (Fsp3) is 0.947. The second-order valence-corrected chi connectivity index (χ2v) is 10.4. The van der Waals surface area contributed by atoms with Gasteiger partial charge in [-0.25, -0.2) is 8.42 Å². The predicted octanol–water partition coefficient (Wildman–Crippen LogP) is 1.64. The van der Waals surface area contributed by atoms with Crippen molar-refractivity contribution in [1.82, 2.24) is 15.5 Å². The Bertz CT molecular complexity index is 547. The van der Waals surface area contributed by atoms with Crippen LogP contribution in [-0.4, -0.2) is 81.8 Å². The van der Waals surface area contributed by atoms with Crippen molar-refractivity contribution in [2.75, 3.05) is 45.6 Å². The Kier molecular flexibility index (Phi) is 10.0. The van der Waals surface area contributed by atoms with E-state index in [1.165, 1.54) is 6.26 Å². The minimum Gasteiger partial charge on any atom is -0.381 e. The lowest BCUT2D eigenvalue weighted by Gasteiger charge is -2.34. The van der Waals surface area contributed by atoms with Crippen molar-refractivity contribution >= 4 is 15.8 Å². The summed E-state index contributed by atoms with van der Waals surface area (Å²) in [5.74, 6) is 0.688. The molecule has 1 aliphatic rings. The van der Waals surface area contributed by atoms with Crippen LogP contribution in [0.4, 0.5) is 0 Å². The lowest BCUT2D eigenvalue weighted by atomic mass is 9.99. The summed E-state index contributed by atoms with van der Waals surface area (Å²) in [4.78, 5) is 7.07. The molecule has 1 saturated heterocycles. The number of hydrogen-bond donors (Lipinski definition) is 2. The van der Waals surface area contributed by atoms with Gasteiger partial charge in [0, 0.05) is 51.2 Å². The van der Waals surface area contributed by atoms with Crippen LogP contribution in [0.3, 0.4) is 0 Å². The van der Waals surface area contributed by atoms with Crippen molar-refractivity contribution in [1.29, 1.82) is 0 Å². The van der Waals surface area contributed by atoms with Gasteiger partial charge in [0.25, 0.3) is 0 Å². The first-order chi connectivity index (χ1) is 12.6. The maximum Gasteiger partial charge on any atom is 0.191 e. The molecule has 0 radical (unpaired) electrons. The average molecular weight is 405 g/mol. The third-order valence-corrected chi connectivity index (χ3v) is 7.38. The molecule has 0 spiro atoms. The van der Waals surface area contributed by atoms with E-state index in [1.54, 1.807) is 0 Å². The first-order valence-corrected chi connectivity index (χ1v) is 12.1. The summed E-state index contributed by atoms with van der Waals surface area (Å²) in [5.41, 5.74) is 0. The van der Waals surface area contributed by atoms with Gasteiger partial charge in [-0.1, -0.05) is 0 Å². The maximum atomic E-state index is 12.4. The van der Waals surface area contributed by atoms with Gasteiger partial charge in [0.2, 0.25) is 0 Å². The van der Waals surface area contributed by atoms with Gasteiger partial charge < -0.3 is 15.4 Å². The van der Waals surface area contributed by atoms with E-state index in [0.717, 1.165) is 26.1 Å². The molecule has 0 amide bonds. The summed E-state index contributed by atoms with van der Waals surface area (Å²) < 4.78 is 29.3. The summed E-state index contributed by atoms with van der Waals surface area (Å²) in [6.07, 6.45) is 3.34. The van der Waals surface area contributed by atoms with Crippen LogP contribution in [0.15, 0.2) is 4.99 Å². The van der Waals surface area contributed by atoms with Crippen LogP contribution in [0.5, 0.6) is 0 Å². The summed E-state index contributed by atoms with van der Waals surface area (Å²) in [6.45, 7) is 14.7. The molecule has 7 nitrogen and oxygen atoms in total. The molecule has 0 aromatic heterocycles. The molecule has 0 unspecified atom stereocenters. The Morgan fingerprint density at radius 2 is 1.74 bits per heavy atom. The Labute approximate surface area is 166 Å². The van der Waals surface area contributed by atoms with Crippen molar-refractivity contribution in [3.8, 4) is 0 Å². The Balaban J connectivity index is 2.66. The number of rotatable bonds is 10. The molecule has 160 valence electrons. The van der Waals surface area contributed by atoms with Gasteiger partial charge in [0.15, 0.2) is 15.8 Å². The van der Waals surface area contributed by atoms with Gasteiger partial charge in [-0.2, -0.15) is 0 Å². The molecular weight excluding hydrogens is 364 g/mol.